The minimum atomic E-state index is -0.255. The average Bonchev–Trinajstić information content (AvgIpc) is 2.47. The van der Waals surface area contributed by atoms with Gasteiger partial charge in [0.2, 0.25) is 0 Å². The van der Waals surface area contributed by atoms with Crippen molar-refractivity contribution < 1.29 is 9.90 Å². The molecule has 0 spiro atoms. The second kappa shape index (κ2) is 7.44. The Bertz CT molecular complexity index is 642. The van der Waals surface area contributed by atoms with Crippen LogP contribution in [0.15, 0.2) is 58.1 Å². The lowest BCUT2D eigenvalue weighted by molar-refractivity contribution is -0.119. The first kappa shape index (κ1) is 15.1. The highest BCUT2D eigenvalue weighted by molar-refractivity contribution is 9.10. The van der Waals surface area contributed by atoms with Crippen LogP contribution in [0, 0.1) is 0 Å². The zero-order valence-corrected chi connectivity index (χ0v) is 12.7. The van der Waals surface area contributed by atoms with Crippen LogP contribution in [0.25, 0.3) is 0 Å². The quantitative estimate of drug-likeness (QED) is 0.575. The lowest BCUT2D eigenvalue weighted by Crippen LogP contribution is -2.25. The number of nitrogens with zero attached hydrogens (tertiary/aromatic N) is 1. The highest BCUT2D eigenvalue weighted by Crippen LogP contribution is 2.13. The number of hydrazone groups is 1. The van der Waals surface area contributed by atoms with E-state index in [1.54, 1.807) is 24.3 Å². The molecule has 2 rings (SSSR count). The van der Waals surface area contributed by atoms with Gasteiger partial charge in [-0.3, -0.25) is 4.79 Å². The fourth-order valence-corrected chi connectivity index (χ4v) is 1.84. The summed E-state index contributed by atoms with van der Waals surface area (Å²) >= 11 is 3.34. The van der Waals surface area contributed by atoms with E-state index in [-0.39, 0.29) is 18.2 Å². The van der Waals surface area contributed by atoms with Gasteiger partial charge >= 0.3 is 0 Å². The molecule has 0 saturated carbocycles. The normalized spacial score (nSPS) is 10.5. The van der Waals surface area contributed by atoms with Gasteiger partial charge in [-0.05, 0) is 42.0 Å². The lowest BCUT2D eigenvalue weighted by atomic mass is 10.2. The molecule has 6 heteroatoms. The number of benzene rings is 2. The summed E-state index contributed by atoms with van der Waals surface area (Å²) in [7, 11) is 0. The molecule has 0 aliphatic heterocycles. The summed E-state index contributed by atoms with van der Waals surface area (Å²) in [4.78, 5) is 11.6. The van der Waals surface area contributed by atoms with E-state index < -0.39 is 0 Å². The molecule has 0 aromatic heterocycles. The molecule has 5 nitrogen and oxygen atoms in total. The van der Waals surface area contributed by atoms with Crippen LogP contribution in [0.4, 0.5) is 5.69 Å². The van der Waals surface area contributed by atoms with Crippen LogP contribution >= 0.6 is 15.9 Å². The van der Waals surface area contributed by atoms with Gasteiger partial charge in [-0.25, -0.2) is 5.43 Å². The summed E-state index contributed by atoms with van der Waals surface area (Å²) in [6.07, 6.45) is 1.47. The molecule has 0 unspecified atom stereocenters. The molecule has 0 atom stereocenters. The van der Waals surface area contributed by atoms with Gasteiger partial charge < -0.3 is 10.4 Å². The molecule has 108 valence electrons. The number of phenols is 1. The van der Waals surface area contributed by atoms with E-state index >= 15 is 0 Å². The molecule has 0 saturated heterocycles. The SMILES string of the molecule is O=C(CNc1ccc(Br)cc1)N/N=C/c1cccc(O)c1. The predicted molar refractivity (Wildman–Crippen MR) is 86.5 cm³/mol. The molecule has 21 heavy (non-hydrogen) atoms. The molecule has 2 aromatic rings. The zero-order valence-electron chi connectivity index (χ0n) is 11.1. The van der Waals surface area contributed by atoms with Crippen LogP contribution in [0.5, 0.6) is 5.75 Å². The highest BCUT2D eigenvalue weighted by atomic mass is 79.9. The number of phenolic OH excluding ortho intramolecular Hbond substituents is 1. The Morgan fingerprint density at radius 1 is 1.24 bits per heavy atom. The fraction of sp³-hybridized carbons (Fsp3) is 0.0667. The van der Waals surface area contributed by atoms with Crippen LogP contribution in [0.1, 0.15) is 5.56 Å². The number of aromatic hydroxyl groups is 1. The number of nitrogens with one attached hydrogen (secondary N) is 2. The summed E-state index contributed by atoms with van der Waals surface area (Å²) in [5.74, 6) is -0.100. The zero-order chi connectivity index (χ0) is 15.1. The second-order valence-corrected chi connectivity index (χ2v) is 5.16. The van der Waals surface area contributed by atoms with Gasteiger partial charge in [0, 0.05) is 10.2 Å². The first-order valence-electron chi connectivity index (χ1n) is 6.24. The lowest BCUT2D eigenvalue weighted by Gasteiger charge is -2.05. The van der Waals surface area contributed by atoms with Crippen molar-refractivity contribution in [3.05, 3.63) is 58.6 Å². The molecule has 0 heterocycles. The first-order chi connectivity index (χ1) is 10.1. The smallest absolute Gasteiger partial charge is 0.259 e. The first-order valence-corrected chi connectivity index (χ1v) is 7.03. The Hall–Kier alpha value is -2.34. The number of rotatable bonds is 5. The maximum Gasteiger partial charge on any atom is 0.259 e. The van der Waals surface area contributed by atoms with Crippen LogP contribution in [0.2, 0.25) is 0 Å². The molecule has 0 bridgehead atoms. The van der Waals surface area contributed by atoms with E-state index in [2.05, 4.69) is 31.8 Å². The molecule has 3 N–H and O–H groups in total. The third-order valence-corrected chi connectivity index (χ3v) is 3.10. The van der Waals surface area contributed by atoms with E-state index in [1.165, 1.54) is 6.21 Å². The molecular weight excluding hydrogens is 334 g/mol. The van der Waals surface area contributed by atoms with Crippen molar-refractivity contribution in [1.82, 2.24) is 5.43 Å². The Morgan fingerprint density at radius 3 is 2.71 bits per heavy atom. The maximum atomic E-state index is 11.6. The van der Waals surface area contributed by atoms with Crippen LogP contribution in [0.3, 0.4) is 0 Å². The van der Waals surface area contributed by atoms with Crippen molar-refractivity contribution in [1.29, 1.82) is 0 Å². The minimum absolute atomic E-state index is 0.124. The van der Waals surface area contributed by atoms with Crippen LogP contribution < -0.4 is 10.7 Å². The molecule has 1 amide bonds. The van der Waals surface area contributed by atoms with Crippen molar-refractivity contribution in [2.24, 2.45) is 5.10 Å². The Balaban J connectivity index is 1.78. The van der Waals surface area contributed by atoms with Gasteiger partial charge in [0.25, 0.3) is 5.91 Å². The monoisotopic (exact) mass is 347 g/mol. The van der Waals surface area contributed by atoms with Gasteiger partial charge in [0.15, 0.2) is 0 Å². The second-order valence-electron chi connectivity index (χ2n) is 4.25. The third-order valence-electron chi connectivity index (χ3n) is 2.57. The summed E-state index contributed by atoms with van der Waals surface area (Å²) in [5, 5.41) is 16.1. The highest BCUT2D eigenvalue weighted by Gasteiger charge is 1.99. The van der Waals surface area contributed by atoms with E-state index in [9.17, 15) is 9.90 Å². The fourth-order valence-electron chi connectivity index (χ4n) is 1.57. The number of halogens is 1. The standard InChI is InChI=1S/C15H14BrN3O2/c16-12-4-6-13(7-5-12)17-10-15(21)19-18-9-11-2-1-3-14(20)8-11/h1-9,17,20H,10H2,(H,19,21)/b18-9+. The van der Waals surface area contributed by atoms with E-state index in [0.717, 1.165) is 10.2 Å². The molecule has 0 fully saturated rings. The molecule has 0 radical (unpaired) electrons. The van der Waals surface area contributed by atoms with Crippen molar-refractivity contribution in [2.75, 3.05) is 11.9 Å². The summed E-state index contributed by atoms with van der Waals surface area (Å²) in [6.45, 7) is 0.124. The Labute approximate surface area is 130 Å². The van der Waals surface area contributed by atoms with Gasteiger partial charge in [-0.1, -0.05) is 28.1 Å². The topological polar surface area (TPSA) is 73.7 Å². The van der Waals surface area contributed by atoms with Gasteiger partial charge in [0.05, 0.1) is 12.8 Å². The Morgan fingerprint density at radius 2 is 2.00 bits per heavy atom. The predicted octanol–water partition coefficient (Wildman–Crippen LogP) is 2.72. The number of amides is 1. The van der Waals surface area contributed by atoms with E-state index in [4.69, 9.17) is 0 Å². The van der Waals surface area contributed by atoms with Crippen molar-refractivity contribution >= 4 is 33.7 Å². The number of hydrogen-bond donors (Lipinski definition) is 3. The molecule has 2 aromatic carbocycles. The molecular formula is C15H14BrN3O2. The number of carbonyl (C=O) groups is 1. The van der Waals surface area contributed by atoms with Crippen molar-refractivity contribution in [3.63, 3.8) is 0 Å². The number of hydrogen-bond acceptors (Lipinski definition) is 4. The van der Waals surface area contributed by atoms with Gasteiger partial charge in [-0.2, -0.15) is 5.10 Å². The minimum Gasteiger partial charge on any atom is -0.508 e. The van der Waals surface area contributed by atoms with Crippen LogP contribution in [-0.4, -0.2) is 23.8 Å². The molecule has 0 aliphatic carbocycles. The van der Waals surface area contributed by atoms with Crippen molar-refractivity contribution in [3.8, 4) is 5.75 Å². The maximum absolute atomic E-state index is 11.6. The largest absolute Gasteiger partial charge is 0.508 e. The summed E-state index contributed by atoms with van der Waals surface area (Å²) < 4.78 is 0.980. The summed E-state index contributed by atoms with van der Waals surface area (Å²) in [6, 6.07) is 14.1. The summed E-state index contributed by atoms with van der Waals surface area (Å²) in [5.41, 5.74) is 3.97. The molecule has 0 aliphatic rings. The van der Waals surface area contributed by atoms with E-state index in [1.807, 2.05) is 24.3 Å². The van der Waals surface area contributed by atoms with Crippen LogP contribution in [-0.2, 0) is 4.79 Å². The van der Waals surface area contributed by atoms with Gasteiger partial charge in [0.1, 0.15) is 5.75 Å². The van der Waals surface area contributed by atoms with E-state index in [0.29, 0.717) is 5.56 Å². The third kappa shape index (κ3) is 5.27. The number of carbonyl (C=O) groups excluding carboxylic acids is 1. The Kier molecular flexibility index (Phi) is 5.34. The average molecular weight is 348 g/mol. The van der Waals surface area contributed by atoms with Crippen molar-refractivity contribution in [2.45, 2.75) is 0 Å². The van der Waals surface area contributed by atoms with Gasteiger partial charge in [-0.15, -0.1) is 0 Å². The number of anilines is 1.